The molecule has 21 heavy (non-hydrogen) atoms. The zero-order valence-corrected chi connectivity index (χ0v) is 13.0. The summed E-state index contributed by atoms with van der Waals surface area (Å²) in [7, 11) is 0. The standard InChI is InChI=1S/C15H22N2O4/c1-9(2)12(14(20)21-15(3,4)5)17-13(19)10-8-16-7-6-11(10)18/h6-9,12H,1-5H3,(H,16,18)(H,17,19)/t12-/m1/s1. The summed E-state index contributed by atoms with van der Waals surface area (Å²) in [6, 6.07) is 0.448. The number of esters is 1. The predicted molar refractivity (Wildman–Crippen MR) is 79.0 cm³/mol. The molecule has 0 radical (unpaired) electrons. The Kier molecular flexibility index (Phi) is 5.29. The van der Waals surface area contributed by atoms with E-state index in [4.69, 9.17) is 4.74 Å². The van der Waals surface area contributed by atoms with Gasteiger partial charge in [0.05, 0.1) is 0 Å². The Morgan fingerprint density at radius 3 is 2.38 bits per heavy atom. The van der Waals surface area contributed by atoms with Crippen LogP contribution in [-0.4, -0.2) is 28.5 Å². The van der Waals surface area contributed by atoms with Crippen molar-refractivity contribution in [2.75, 3.05) is 0 Å². The van der Waals surface area contributed by atoms with Crippen LogP contribution in [0.5, 0.6) is 0 Å². The van der Waals surface area contributed by atoms with Crippen LogP contribution < -0.4 is 10.7 Å². The lowest BCUT2D eigenvalue weighted by atomic mass is 10.0. The minimum absolute atomic E-state index is 0.0355. The number of aromatic amines is 1. The van der Waals surface area contributed by atoms with Crippen LogP contribution in [0.4, 0.5) is 0 Å². The summed E-state index contributed by atoms with van der Waals surface area (Å²) >= 11 is 0. The van der Waals surface area contributed by atoms with Crippen molar-refractivity contribution in [1.82, 2.24) is 10.3 Å². The molecule has 1 amide bonds. The lowest BCUT2D eigenvalue weighted by Crippen LogP contribution is -2.48. The van der Waals surface area contributed by atoms with E-state index in [1.807, 2.05) is 0 Å². The van der Waals surface area contributed by atoms with Crippen LogP contribution in [0.2, 0.25) is 0 Å². The van der Waals surface area contributed by atoms with Crippen LogP contribution in [-0.2, 0) is 9.53 Å². The molecule has 1 atom stereocenters. The van der Waals surface area contributed by atoms with Crippen LogP contribution in [0.3, 0.4) is 0 Å². The second kappa shape index (κ2) is 6.56. The average molecular weight is 294 g/mol. The number of aromatic nitrogens is 1. The molecule has 0 aliphatic heterocycles. The molecule has 116 valence electrons. The third kappa shape index (κ3) is 5.06. The molecule has 1 heterocycles. The van der Waals surface area contributed by atoms with Gasteiger partial charge >= 0.3 is 5.97 Å². The van der Waals surface area contributed by atoms with Gasteiger partial charge in [0, 0.05) is 18.5 Å². The van der Waals surface area contributed by atoms with Gasteiger partial charge in [-0.25, -0.2) is 4.79 Å². The Morgan fingerprint density at radius 1 is 1.29 bits per heavy atom. The van der Waals surface area contributed by atoms with Gasteiger partial charge in [-0.3, -0.25) is 9.59 Å². The summed E-state index contributed by atoms with van der Waals surface area (Å²) in [4.78, 5) is 38.5. The van der Waals surface area contributed by atoms with Crippen molar-refractivity contribution in [1.29, 1.82) is 0 Å². The van der Waals surface area contributed by atoms with Crippen molar-refractivity contribution < 1.29 is 14.3 Å². The van der Waals surface area contributed by atoms with E-state index in [9.17, 15) is 14.4 Å². The molecule has 0 spiro atoms. The maximum absolute atomic E-state index is 12.1. The van der Waals surface area contributed by atoms with E-state index in [2.05, 4.69) is 10.3 Å². The van der Waals surface area contributed by atoms with Crippen molar-refractivity contribution in [3.05, 3.63) is 34.2 Å². The van der Waals surface area contributed by atoms with Gasteiger partial charge in [-0.2, -0.15) is 0 Å². The molecule has 6 heteroatoms. The van der Waals surface area contributed by atoms with Crippen molar-refractivity contribution in [2.24, 2.45) is 5.92 Å². The fraction of sp³-hybridized carbons (Fsp3) is 0.533. The highest BCUT2D eigenvalue weighted by molar-refractivity contribution is 5.96. The average Bonchev–Trinajstić information content (AvgIpc) is 2.33. The Balaban J connectivity index is 2.89. The highest BCUT2D eigenvalue weighted by Crippen LogP contribution is 2.12. The summed E-state index contributed by atoms with van der Waals surface area (Å²) in [5.41, 5.74) is -1.08. The normalized spacial score (nSPS) is 12.9. The fourth-order valence-electron chi connectivity index (χ4n) is 1.68. The van der Waals surface area contributed by atoms with E-state index in [1.54, 1.807) is 34.6 Å². The van der Waals surface area contributed by atoms with Crippen molar-refractivity contribution >= 4 is 11.9 Å². The lowest BCUT2D eigenvalue weighted by molar-refractivity contribution is -0.158. The largest absolute Gasteiger partial charge is 0.458 e. The molecule has 0 fully saturated rings. The monoisotopic (exact) mass is 294 g/mol. The molecular weight excluding hydrogens is 272 g/mol. The van der Waals surface area contributed by atoms with Gasteiger partial charge in [-0.05, 0) is 26.7 Å². The van der Waals surface area contributed by atoms with Crippen molar-refractivity contribution in [2.45, 2.75) is 46.3 Å². The number of pyridine rings is 1. The van der Waals surface area contributed by atoms with E-state index in [1.165, 1.54) is 18.5 Å². The third-order valence-corrected chi connectivity index (χ3v) is 2.68. The van der Waals surface area contributed by atoms with Crippen LogP contribution in [0.15, 0.2) is 23.3 Å². The first-order chi connectivity index (χ1) is 9.61. The highest BCUT2D eigenvalue weighted by Gasteiger charge is 2.29. The first kappa shape index (κ1) is 16.9. The number of amides is 1. The second-order valence-electron chi connectivity index (χ2n) is 6.15. The van der Waals surface area contributed by atoms with Gasteiger partial charge in [-0.15, -0.1) is 0 Å². The Labute approximate surface area is 123 Å². The molecule has 0 aliphatic carbocycles. The zero-order chi connectivity index (χ0) is 16.2. The second-order valence-corrected chi connectivity index (χ2v) is 6.15. The quantitative estimate of drug-likeness (QED) is 0.823. The zero-order valence-electron chi connectivity index (χ0n) is 13.0. The molecular formula is C15H22N2O4. The van der Waals surface area contributed by atoms with E-state index >= 15 is 0 Å². The topological polar surface area (TPSA) is 88.3 Å². The molecule has 1 aromatic heterocycles. The van der Waals surface area contributed by atoms with E-state index in [0.29, 0.717) is 0 Å². The smallest absolute Gasteiger partial charge is 0.329 e. The molecule has 0 unspecified atom stereocenters. The minimum atomic E-state index is -0.809. The van der Waals surface area contributed by atoms with Gasteiger partial charge in [0.1, 0.15) is 17.2 Å². The van der Waals surface area contributed by atoms with Gasteiger partial charge in [0.25, 0.3) is 5.91 Å². The molecule has 1 aromatic rings. The number of nitrogens with one attached hydrogen (secondary N) is 2. The number of rotatable bonds is 4. The minimum Gasteiger partial charge on any atom is -0.458 e. The SMILES string of the molecule is CC(C)[C@@H](NC(=O)c1c[nH]ccc1=O)C(=O)OC(C)(C)C. The molecule has 0 aliphatic rings. The maximum Gasteiger partial charge on any atom is 0.329 e. The first-order valence-corrected chi connectivity index (χ1v) is 6.82. The molecule has 0 aromatic carbocycles. The van der Waals surface area contributed by atoms with Gasteiger partial charge in [0.15, 0.2) is 5.43 Å². The maximum atomic E-state index is 12.1. The fourth-order valence-corrected chi connectivity index (χ4v) is 1.68. The number of carbonyl (C=O) groups excluding carboxylic acids is 2. The first-order valence-electron chi connectivity index (χ1n) is 6.82. The Hall–Kier alpha value is -2.11. The molecule has 1 rings (SSSR count). The third-order valence-electron chi connectivity index (χ3n) is 2.68. The van der Waals surface area contributed by atoms with Gasteiger partial charge in [0.2, 0.25) is 0 Å². The van der Waals surface area contributed by atoms with Crippen molar-refractivity contribution in [3.63, 3.8) is 0 Å². The lowest BCUT2D eigenvalue weighted by Gasteiger charge is -2.26. The summed E-state index contributed by atoms with van der Waals surface area (Å²) in [5, 5.41) is 2.56. The molecule has 0 saturated carbocycles. The van der Waals surface area contributed by atoms with Gasteiger partial charge in [-0.1, -0.05) is 13.8 Å². The number of carbonyl (C=O) groups is 2. The molecule has 2 N–H and O–H groups in total. The van der Waals surface area contributed by atoms with Crippen LogP contribution in [0, 0.1) is 5.92 Å². The summed E-state index contributed by atoms with van der Waals surface area (Å²) < 4.78 is 5.29. The van der Waals surface area contributed by atoms with Crippen LogP contribution in [0.25, 0.3) is 0 Å². The van der Waals surface area contributed by atoms with Crippen molar-refractivity contribution in [3.8, 4) is 0 Å². The predicted octanol–water partition coefficient (Wildman–Crippen LogP) is 1.47. The summed E-state index contributed by atoms with van der Waals surface area (Å²) in [6.45, 7) is 8.86. The van der Waals surface area contributed by atoms with E-state index in [0.717, 1.165) is 0 Å². The number of hydrogen-bond acceptors (Lipinski definition) is 4. The number of H-pyrrole nitrogens is 1. The van der Waals surface area contributed by atoms with Gasteiger partial charge < -0.3 is 15.0 Å². The molecule has 6 nitrogen and oxygen atoms in total. The molecule has 0 bridgehead atoms. The van der Waals surface area contributed by atoms with E-state index < -0.39 is 28.9 Å². The Morgan fingerprint density at radius 2 is 1.90 bits per heavy atom. The van der Waals surface area contributed by atoms with E-state index in [-0.39, 0.29) is 11.5 Å². The van der Waals surface area contributed by atoms with Crippen LogP contribution >= 0.6 is 0 Å². The number of ether oxygens (including phenoxy) is 1. The number of hydrogen-bond donors (Lipinski definition) is 2. The highest BCUT2D eigenvalue weighted by atomic mass is 16.6. The Bertz CT molecular complexity index is 570. The molecule has 0 saturated heterocycles. The van der Waals surface area contributed by atoms with Crippen LogP contribution in [0.1, 0.15) is 45.0 Å². The summed E-state index contributed by atoms with van der Waals surface area (Å²) in [6.07, 6.45) is 2.75. The summed E-state index contributed by atoms with van der Waals surface area (Å²) in [5.74, 6) is -1.27.